The van der Waals surface area contributed by atoms with Crippen molar-refractivity contribution < 1.29 is 37.3 Å². The van der Waals surface area contributed by atoms with E-state index in [0.717, 1.165) is 0 Å². The normalized spacial score (nSPS) is 24.2. The Morgan fingerprint density at radius 1 is 0.478 bits per heavy atom. The Balaban J connectivity index is 1.37. The lowest BCUT2D eigenvalue weighted by atomic mass is 9.69. The third-order valence-corrected chi connectivity index (χ3v) is 9.04. The third kappa shape index (κ3) is 3.69. The standard InChI is InChI=1S/C45H32O/c1-2-13-34-29(9-1)23-25-45(26-24-31-11-7-10-30-12-8-16-37(34)44(30)31)40-17-5-3-14-35(40)38-27-32(19-21-41(38)45)33-20-22-43-39(28-33)36-15-4-6-18-42(36)46-43/h1-22,27-28H,23-26H2/i1D,2D,3D,4D,5D,6D,7D,8D,9D,10D,11D,12D,13D,14D,15D,16D,17D,18D,19D,20D,21D,22D,27D,28D. The number of para-hydroxylation sites is 1. The van der Waals surface area contributed by atoms with Crippen LogP contribution in [-0.4, -0.2) is 0 Å². The highest BCUT2D eigenvalue weighted by atomic mass is 16.3. The van der Waals surface area contributed by atoms with Crippen LogP contribution in [0.5, 0.6) is 0 Å². The lowest BCUT2D eigenvalue weighted by Gasteiger charge is -2.34. The Morgan fingerprint density at radius 3 is 2.07 bits per heavy atom. The minimum absolute atomic E-state index is 0.122. The summed E-state index contributed by atoms with van der Waals surface area (Å²) < 4.78 is 223. The summed E-state index contributed by atoms with van der Waals surface area (Å²) >= 11 is 0. The molecule has 2 aliphatic carbocycles. The van der Waals surface area contributed by atoms with E-state index in [1.165, 1.54) is 0 Å². The summed E-state index contributed by atoms with van der Waals surface area (Å²) in [5.74, 6) is 0. The zero-order valence-corrected chi connectivity index (χ0v) is 23.7. The molecule has 8 aromatic rings. The Kier molecular flexibility index (Phi) is 2.50. The maximum absolute atomic E-state index is 9.95. The van der Waals surface area contributed by atoms with Crippen molar-refractivity contribution in [1.29, 1.82) is 0 Å². The van der Waals surface area contributed by atoms with Crippen molar-refractivity contribution in [3.05, 3.63) is 167 Å². The summed E-state index contributed by atoms with van der Waals surface area (Å²) in [5.41, 5.74) is -5.99. The third-order valence-electron chi connectivity index (χ3n) is 9.04. The largest absolute Gasteiger partial charge is 0.456 e. The summed E-state index contributed by atoms with van der Waals surface area (Å²) in [5, 5.41) is -1.22. The highest BCUT2D eigenvalue weighted by molar-refractivity contribution is 6.06. The molecule has 7 aromatic carbocycles. The molecule has 46 heavy (non-hydrogen) atoms. The van der Waals surface area contributed by atoms with Gasteiger partial charge in [-0.1, -0.05) is 121 Å². The first kappa shape index (κ1) is 11.8. The van der Waals surface area contributed by atoms with Crippen LogP contribution >= 0.6 is 0 Å². The second-order valence-electron chi connectivity index (χ2n) is 11.3. The van der Waals surface area contributed by atoms with Gasteiger partial charge >= 0.3 is 0 Å². The quantitative estimate of drug-likeness (QED) is 0.180. The van der Waals surface area contributed by atoms with Crippen LogP contribution in [0.1, 0.15) is 68.0 Å². The summed E-state index contributed by atoms with van der Waals surface area (Å²) in [6.07, 6.45) is -1.55. The fourth-order valence-corrected chi connectivity index (χ4v) is 6.94. The number of rotatable bonds is 1. The van der Waals surface area contributed by atoms with Gasteiger partial charge in [0.1, 0.15) is 11.2 Å². The van der Waals surface area contributed by atoms with Crippen LogP contribution in [0.3, 0.4) is 0 Å². The molecule has 1 spiro atoms. The van der Waals surface area contributed by atoms with Gasteiger partial charge in [0.15, 0.2) is 0 Å². The molecule has 0 aliphatic heterocycles. The molecule has 1 heteroatoms. The second-order valence-corrected chi connectivity index (χ2v) is 11.3. The fraction of sp³-hybridized carbons (Fsp3) is 0.111. The topological polar surface area (TPSA) is 13.1 Å². The number of hydrogen-bond acceptors (Lipinski definition) is 1. The van der Waals surface area contributed by atoms with Crippen LogP contribution in [0.15, 0.2) is 149 Å². The zero-order chi connectivity index (χ0) is 51.1. The van der Waals surface area contributed by atoms with Gasteiger partial charge in [0, 0.05) is 16.2 Å². The molecule has 0 saturated carbocycles. The predicted octanol–water partition coefficient (Wildman–Crippen LogP) is 11.9. The summed E-state index contributed by atoms with van der Waals surface area (Å²) in [6, 6.07) is -16.7. The van der Waals surface area contributed by atoms with E-state index in [9.17, 15) is 13.7 Å². The number of furan rings is 1. The van der Waals surface area contributed by atoms with Gasteiger partial charge in [-0.3, -0.25) is 0 Å². The van der Waals surface area contributed by atoms with Crippen molar-refractivity contribution in [2.75, 3.05) is 0 Å². The minimum atomic E-state index is -1.93. The van der Waals surface area contributed by atoms with Crippen molar-refractivity contribution in [3.8, 4) is 33.4 Å². The van der Waals surface area contributed by atoms with E-state index >= 15 is 0 Å². The lowest BCUT2D eigenvalue weighted by Crippen LogP contribution is -2.27. The molecule has 0 radical (unpaired) electrons. The highest BCUT2D eigenvalue weighted by Gasteiger charge is 2.43. The summed E-state index contributed by atoms with van der Waals surface area (Å²) in [7, 11) is 0. The van der Waals surface area contributed by atoms with Gasteiger partial charge in [-0.2, -0.15) is 0 Å². The first-order valence-electron chi connectivity index (χ1n) is 26.6. The molecule has 1 atom stereocenters. The van der Waals surface area contributed by atoms with Crippen LogP contribution in [-0.2, 0) is 18.3 Å². The van der Waals surface area contributed by atoms with E-state index in [-0.39, 0.29) is 85.3 Å². The van der Waals surface area contributed by atoms with Crippen LogP contribution < -0.4 is 0 Å². The van der Waals surface area contributed by atoms with Gasteiger partial charge in [-0.25, -0.2) is 0 Å². The van der Waals surface area contributed by atoms with Crippen molar-refractivity contribution >= 4 is 32.7 Å². The number of fused-ring (bicyclic) bond motifs is 10. The monoisotopic (exact) mass is 612 g/mol. The SMILES string of the molecule is [2H]c1c([2H])c([2H])c2c(c1[2H])CCC1(CCc3c([2H])c([2H])c([2H])c4c([2H])c([2H])c([2H])c-2c34)c2c([2H])c([2H])c([2H])c([2H])c2-c2c([2H])c(-c3c([2H])c([2H])c4oc5c([2H])c([2H])c([2H])c([2H])c5c4c3[2H])c([2H])c([2H])c21. The zero-order valence-electron chi connectivity index (χ0n) is 47.7. The van der Waals surface area contributed by atoms with Crippen LogP contribution in [0.25, 0.3) is 66.1 Å². The van der Waals surface area contributed by atoms with Gasteiger partial charge in [0.2, 0.25) is 0 Å². The van der Waals surface area contributed by atoms with Gasteiger partial charge in [0.25, 0.3) is 0 Å². The van der Waals surface area contributed by atoms with E-state index in [1.807, 2.05) is 0 Å². The van der Waals surface area contributed by atoms with E-state index < -0.39 is 179 Å². The molecule has 0 amide bonds. The molecule has 0 N–H and O–H groups in total. The van der Waals surface area contributed by atoms with E-state index in [4.69, 9.17) is 23.6 Å². The maximum Gasteiger partial charge on any atom is 0.135 e. The molecule has 1 aromatic heterocycles. The number of aryl methyl sites for hydroxylation is 1. The van der Waals surface area contributed by atoms with Crippen LogP contribution in [0.4, 0.5) is 0 Å². The summed E-state index contributed by atoms with van der Waals surface area (Å²) in [6.45, 7) is 0. The van der Waals surface area contributed by atoms with Crippen molar-refractivity contribution in [2.45, 2.75) is 31.1 Å². The molecule has 10 rings (SSSR count). The van der Waals surface area contributed by atoms with E-state index in [2.05, 4.69) is 0 Å². The van der Waals surface area contributed by atoms with Gasteiger partial charge in [0.05, 0.1) is 32.9 Å². The molecule has 1 nitrogen and oxygen atoms in total. The van der Waals surface area contributed by atoms with Crippen LogP contribution in [0, 0.1) is 0 Å². The van der Waals surface area contributed by atoms with E-state index in [0.29, 0.717) is 0 Å². The molecular weight excluding hydrogens is 556 g/mol. The van der Waals surface area contributed by atoms with Crippen molar-refractivity contribution in [2.24, 2.45) is 0 Å². The minimum Gasteiger partial charge on any atom is -0.456 e. The molecule has 1 heterocycles. The lowest BCUT2D eigenvalue weighted by molar-refractivity contribution is 0.447. The van der Waals surface area contributed by atoms with E-state index in [1.54, 1.807) is 0 Å². The smallest absolute Gasteiger partial charge is 0.135 e. The average molecular weight is 613 g/mol. The molecule has 1 unspecified atom stereocenters. The van der Waals surface area contributed by atoms with Gasteiger partial charge < -0.3 is 4.42 Å². The number of hydrogen-bond donors (Lipinski definition) is 0. The molecule has 0 saturated heterocycles. The van der Waals surface area contributed by atoms with Crippen LogP contribution in [0.2, 0.25) is 0 Å². The molecule has 218 valence electrons. The first-order valence-corrected chi connectivity index (χ1v) is 14.6. The second kappa shape index (κ2) is 9.80. The van der Waals surface area contributed by atoms with Gasteiger partial charge in [-0.15, -0.1) is 0 Å². The highest BCUT2D eigenvalue weighted by Crippen LogP contribution is 2.55. The van der Waals surface area contributed by atoms with Crippen molar-refractivity contribution in [3.63, 3.8) is 0 Å². The Hall–Kier alpha value is -5.40. The fourth-order valence-electron chi connectivity index (χ4n) is 6.94. The first-order chi connectivity index (χ1) is 32.8. The maximum atomic E-state index is 9.95. The average Bonchev–Trinajstić information content (AvgIpc) is 3.88. The Bertz CT molecular complexity index is 3830. The summed E-state index contributed by atoms with van der Waals surface area (Å²) in [4.78, 5) is 0. The van der Waals surface area contributed by atoms with Gasteiger partial charge in [-0.05, 0) is 116 Å². The Morgan fingerprint density at radius 2 is 1.13 bits per heavy atom. The molecule has 0 bridgehead atoms. The molecule has 0 fully saturated rings. The molecule has 2 aliphatic rings. The Labute approximate surface area is 302 Å². The number of benzene rings is 7. The molecular formula is C45H32O. The van der Waals surface area contributed by atoms with Crippen molar-refractivity contribution in [1.82, 2.24) is 0 Å². The predicted molar refractivity (Wildman–Crippen MR) is 191 cm³/mol.